The molecule has 0 atom stereocenters. The quantitative estimate of drug-likeness (QED) is 0.926. The van der Waals surface area contributed by atoms with E-state index in [1.807, 2.05) is 0 Å². The molecule has 0 fully saturated rings. The number of aromatic nitrogens is 1. The predicted octanol–water partition coefficient (Wildman–Crippen LogP) is 2.95. The van der Waals surface area contributed by atoms with E-state index in [0.717, 1.165) is 0 Å². The molecule has 0 saturated carbocycles. The van der Waals surface area contributed by atoms with Crippen LogP contribution in [0.15, 0.2) is 29.1 Å². The first-order chi connectivity index (χ1) is 9.34. The second-order valence-electron chi connectivity index (χ2n) is 4.31. The topological polar surface area (TPSA) is 59.3 Å². The fourth-order valence-corrected chi connectivity index (χ4v) is 2.34. The molecule has 0 spiro atoms. The van der Waals surface area contributed by atoms with Gasteiger partial charge in [0.2, 0.25) is 5.43 Å². The minimum atomic E-state index is -1.46. The largest absolute Gasteiger partial charge is 0.477 e. The van der Waals surface area contributed by atoms with Gasteiger partial charge in [0.1, 0.15) is 5.56 Å². The summed E-state index contributed by atoms with van der Waals surface area (Å²) in [7, 11) is 0. The Bertz CT molecular complexity index is 768. The standard InChI is InChI=1S/C14H11ClFNO3/c1-7-11(14(19)20)13(18)12(16)8(2)17(7)10-5-3-4-9(15)6-10/h3-6H,1-2H3,(H,19,20). The minimum absolute atomic E-state index is 0.0415. The molecule has 2 rings (SSSR count). The molecule has 1 aromatic heterocycles. The molecular formula is C14H11ClFNO3. The molecule has 20 heavy (non-hydrogen) atoms. The molecular weight excluding hydrogens is 285 g/mol. The van der Waals surface area contributed by atoms with E-state index in [4.69, 9.17) is 16.7 Å². The van der Waals surface area contributed by atoms with Crippen LogP contribution in [0.4, 0.5) is 4.39 Å². The maximum atomic E-state index is 13.9. The molecule has 6 heteroatoms. The monoisotopic (exact) mass is 295 g/mol. The zero-order chi connectivity index (χ0) is 15.0. The molecule has 104 valence electrons. The van der Waals surface area contributed by atoms with Crippen LogP contribution in [0.2, 0.25) is 5.02 Å². The molecule has 0 aliphatic carbocycles. The number of carboxylic acid groups (broad SMARTS) is 1. The minimum Gasteiger partial charge on any atom is -0.477 e. The van der Waals surface area contributed by atoms with E-state index in [1.165, 1.54) is 18.4 Å². The van der Waals surface area contributed by atoms with Crippen molar-refractivity contribution in [2.45, 2.75) is 13.8 Å². The number of carboxylic acids is 1. The maximum absolute atomic E-state index is 13.9. The van der Waals surface area contributed by atoms with Crippen molar-refractivity contribution in [2.75, 3.05) is 0 Å². The Hall–Kier alpha value is -2.14. The van der Waals surface area contributed by atoms with Gasteiger partial charge in [-0.1, -0.05) is 17.7 Å². The number of hydrogen-bond acceptors (Lipinski definition) is 2. The molecule has 0 aliphatic heterocycles. The number of pyridine rings is 1. The molecule has 1 heterocycles. The van der Waals surface area contributed by atoms with Crippen LogP contribution in [0.25, 0.3) is 5.69 Å². The van der Waals surface area contributed by atoms with E-state index < -0.39 is 22.8 Å². The Kier molecular flexibility index (Phi) is 3.63. The van der Waals surface area contributed by atoms with Crippen molar-refractivity contribution in [1.29, 1.82) is 0 Å². The normalized spacial score (nSPS) is 10.6. The summed E-state index contributed by atoms with van der Waals surface area (Å²) < 4.78 is 15.3. The van der Waals surface area contributed by atoms with Crippen molar-refractivity contribution in [3.63, 3.8) is 0 Å². The van der Waals surface area contributed by atoms with E-state index in [9.17, 15) is 14.0 Å². The number of carbonyl (C=O) groups is 1. The van der Waals surface area contributed by atoms with Crippen molar-refractivity contribution in [2.24, 2.45) is 0 Å². The Morgan fingerprint density at radius 2 is 1.95 bits per heavy atom. The lowest BCUT2D eigenvalue weighted by Crippen LogP contribution is -2.26. The van der Waals surface area contributed by atoms with Crippen molar-refractivity contribution in [3.05, 3.63) is 62.3 Å². The average molecular weight is 296 g/mol. The zero-order valence-corrected chi connectivity index (χ0v) is 11.5. The summed E-state index contributed by atoms with van der Waals surface area (Å²) in [6.45, 7) is 2.87. The first kappa shape index (κ1) is 14.3. The van der Waals surface area contributed by atoms with Gasteiger partial charge in [0, 0.05) is 16.4 Å². The van der Waals surface area contributed by atoms with Crippen LogP contribution >= 0.6 is 11.6 Å². The second-order valence-corrected chi connectivity index (χ2v) is 4.75. The van der Waals surface area contributed by atoms with Gasteiger partial charge in [-0.05, 0) is 32.0 Å². The lowest BCUT2D eigenvalue weighted by atomic mass is 10.1. The number of benzene rings is 1. The summed E-state index contributed by atoms with van der Waals surface area (Å²) in [4.78, 5) is 22.9. The van der Waals surface area contributed by atoms with Gasteiger partial charge < -0.3 is 9.67 Å². The lowest BCUT2D eigenvalue weighted by molar-refractivity contribution is 0.0693. The number of rotatable bonds is 2. The molecule has 2 aromatic rings. The van der Waals surface area contributed by atoms with E-state index in [-0.39, 0.29) is 11.4 Å². The summed E-state index contributed by atoms with van der Waals surface area (Å²) in [5.41, 5.74) is -0.990. The van der Waals surface area contributed by atoms with Gasteiger partial charge in [-0.25, -0.2) is 9.18 Å². The van der Waals surface area contributed by atoms with Gasteiger partial charge in [0.05, 0.1) is 5.69 Å². The van der Waals surface area contributed by atoms with Crippen LogP contribution in [-0.4, -0.2) is 15.6 Å². The van der Waals surface area contributed by atoms with Gasteiger partial charge in [-0.15, -0.1) is 0 Å². The SMILES string of the molecule is Cc1c(F)c(=O)c(C(=O)O)c(C)n1-c1cccc(Cl)c1. The van der Waals surface area contributed by atoms with Crippen molar-refractivity contribution >= 4 is 17.6 Å². The Labute approximate surface area is 119 Å². The smallest absolute Gasteiger partial charge is 0.341 e. The van der Waals surface area contributed by atoms with E-state index in [1.54, 1.807) is 24.3 Å². The summed E-state index contributed by atoms with van der Waals surface area (Å²) in [5.74, 6) is -2.53. The van der Waals surface area contributed by atoms with Crippen LogP contribution in [0.3, 0.4) is 0 Å². The maximum Gasteiger partial charge on any atom is 0.341 e. The number of hydrogen-bond donors (Lipinski definition) is 1. The Morgan fingerprint density at radius 3 is 2.50 bits per heavy atom. The highest BCUT2D eigenvalue weighted by molar-refractivity contribution is 6.30. The molecule has 1 aromatic carbocycles. The molecule has 0 unspecified atom stereocenters. The van der Waals surface area contributed by atoms with E-state index in [0.29, 0.717) is 10.7 Å². The van der Waals surface area contributed by atoms with Crippen LogP contribution < -0.4 is 5.43 Å². The first-order valence-electron chi connectivity index (χ1n) is 5.75. The van der Waals surface area contributed by atoms with Gasteiger partial charge in [0.25, 0.3) is 0 Å². The van der Waals surface area contributed by atoms with E-state index >= 15 is 0 Å². The predicted molar refractivity (Wildman–Crippen MR) is 73.4 cm³/mol. The number of nitrogens with zero attached hydrogens (tertiary/aromatic N) is 1. The molecule has 0 radical (unpaired) electrons. The third-order valence-corrected chi connectivity index (χ3v) is 3.29. The number of halogens is 2. The third kappa shape index (κ3) is 2.20. The zero-order valence-electron chi connectivity index (χ0n) is 10.8. The fraction of sp³-hybridized carbons (Fsp3) is 0.143. The lowest BCUT2D eigenvalue weighted by Gasteiger charge is -2.17. The summed E-state index contributed by atoms with van der Waals surface area (Å²) in [5, 5.41) is 9.51. The van der Waals surface area contributed by atoms with Crippen molar-refractivity contribution in [1.82, 2.24) is 4.57 Å². The molecule has 0 saturated heterocycles. The van der Waals surface area contributed by atoms with Crippen LogP contribution in [0.1, 0.15) is 21.7 Å². The van der Waals surface area contributed by atoms with Gasteiger partial charge in [0.15, 0.2) is 5.82 Å². The second kappa shape index (κ2) is 5.09. The van der Waals surface area contributed by atoms with E-state index in [2.05, 4.69) is 0 Å². The van der Waals surface area contributed by atoms with Crippen LogP contribution in [0.5, 0.6) is 0 Å². The van der Waals surface area contributed by atoms with Crippen molar-refractivity contribution < 1.29 is 14.3 Å². The Morgan fingerprint density at radius 1 is 1.30 bits per heavy atom. The molecule has 0 bridgehead atoms. The highest BCUT2D eigenvalue weighted by atomic mass is 35.5. The molecule has 0 amide bonds. The first-order valence-corrected chi connectivity index (χ1v) is 6.13. The summed E-state index contributed by atoms with van der Waals surface area (Å²) in [6, 6.07) is 6.53. The summed E-state index contributed by atoms with van der Waals surface area (Å²) in [6.07, 6.45) is 0. The molecule has 4 nitrogen and oxygen atoms in total. The van der Waals surface area contributed by atoms with Gasteiger partial charge >= 0.3 is 5.97 Å². The van der Waals surface area contributed by atoms with Crippen LogP contribution in [-0.2, 0) is 0 Å². The average Bonchev–Trinajstić information content (AvgIpc) is 2.36. The fourth-order valence-electron chi connectivity index (χ4n) is 2.15. The summed E-state index contributed by atoms with van der Waals surface area (Å²) >= 11 is 5.89. The Balaban J connectivity index is 2.90. The van der Waals surface area contributed by atoms with Crippen molar-refractivity contribution in [3.8, 4) is 5.69 Å². The molecule has 1 N–H and O–H groups in total. The highest BCUT2D eigenvalue weighted by Gasteiger charge is 2.22. The van der Waals surface area contributed by atoms with Gasteiger partial charge in [-0.3, -0.25) is 4.79 Å². The highest BCUT2D eigenvalue weighted by Crippen LogP contribution is 2.20. The number of aromatic carboxylic acids is 1. The van der Waals surface area contributed by atoms with Gasteiger partial charge in [-0.2, -0.15) is 0 Å². The van der Waals surface area contributed by atoms with Crippen LogP contribution in [0, 0.1) is 19.7 Å². The third-order valence-electron chi connectivity index (χ3n) is 3.06. The molecule has 0 aliphatic rings.